The zero-order valence-electron chi connectivity index (χ0n) is 14.6. The summed E-state index contributed by atoms with van der Waals surface area (Å²) in [5.41, 5.74) is 1.45. The van der Waals surface area contributed by atoms with Crippen molar-refractivity contribution in [2.75, 3.05) is 6.61 Å². The molecule has 0 radical (unpaired) electrons. The Hall–Kier alpha value is -3.33. The van der Waals surface area contributed by atoms with Gasteiger partial charge in [0, 0.05) is 34.4 Å². The largest absolute Gasteiger partial charge is 0.462 e. The Morgan fingerprint density at radius 3 is 2.82 bits per heavy atom. The van der Waals surface area contributed by atoms with Crippen molar-refractivity contribution in [2.24, 2.45) is 0 Å². The number of hydrogen-bond acceptors (Lipinski definition) is 8. The number of hydrogen-bond donors (Lipinski definition) is 0. The van der Waals surface area contributed by atoms with Gasteiger partial charge in [0.2, 0.25) is 5.89 Å². The molecular formula is C19H13FN4O3S. The van der Waals surface area contributed by atoms with Crippen LogP contribution in [0.15, 0.2) is 63.5 Å². The number of esters is 1. The molecular weight excluding hydrogens is 383 g/mol. The second kappa shape index (κ2) is 7.73. The lowest BCUT2D eigenvalue weighted by Crippen LogP contribution is -2.07. The van der Waals surface area contributed by atoms with E-state index in [0.29, 0.717) is 27.3 Å². The standard InChI is InChI=1S/C19H13FN4O3S/c1-2-26-18(25)14-10-22-15-4-3-12(20)9-13(15)16(14)28-19-24-23-17(27-19)11-5-7-21-8-6-11/h3-10H,2H2,1H3. The normalized spacial score (nSPS) is 10.9. The van der Waals surface area contributed by atoms with E-state index in [0.717, 1.165) is 11.8 Å². The maximum absolute atomic E-state index is 13.9. The van der Waals surface area contributed by atoms with E-state index in [9.17, 15) is 9.18 Å². The van der Waals surface area contributed by atoms with Gasteiger partial charge in [-0.3, -0.25) is 9.97 Å². The molecule has 0 amide bonds. The monoisotopic (exact) mass is 396 g/mol. The summed E-state index contributed by atoms with van der Waals surface area (Å²) in [6, 6.07) is 7.64. The van der Waals surface area contributed by atoms with E-state index in [1.807, 2.05) is 0 Å². The smallest absolute Gasteiger partial charge is 0.340 e. The predicted octanol–water partition coefficient (Wildman–Crippen LogP) is 4.15. The molecule has 4 rings (SSSR count). The van der Waals surface area contributed by atoms with Gasteiger partial charge < -0.3 is 9.15 Å². The Balaban J connectivity index is 1.78. The molecule has 0 aliphatic rings. The van der Waals surface area contributed by atoms with Crippen LogP contribution in [-0.2, 0) is 4.74 Å². The fourth-order valence-corrected chi connectivity index (χ4v) is 3.45. The molecule has 0 atom stereocenters. The topological polar surface area (TPSA) is 91.0 Å². The van der Waals surface area contributed by atoms with Crippen LogP contribution in [0.2, 0.25) is 0 Å². The summed E-state index contributed by atoms with van der Waals surface area (Å²) in [6.07, 6.45) is 4.63. The predicted molar refractivity (Wildman–Crippen MR) is 99.3 cm³/mol. The van der Waals surface area contributed by atoms with Crippen molar-refractivity contribution in [1.82, 2.24) is 20.2 Å². The maximum Gasteiger partial charge on any atom is 0.340 e. The molecule has 0 saturated carbocycles. The molecule has 28 heavy (non-hydrogen) atoms. The number of aromatic nitrogens is 4. The van der Waals surface area contributed by atoms with Gasteiger partial charge in [0.1, 0.15) is 5.82 Å². The van der Waals surface area contributed by atoms with Gasteiger partial charge in [0.15, 0.2) is 0 Å². The first kappa shape index (κ1) is 18.1. The molecule has 3 aromatic heterocycles. The fourth-order valence-electron chi connectivity index (χ4n) is 2.55. The van der Waals surface area contributed by atoms with Crippen LogP contribution in [0.25, 0.3) is 22.4 Å². The molecule has 4 aromatic rings. The highest BCUT2D eigenvalue weighted by atomic mass is 32.2. The lowest BCUT2D eigenvalue weighted by Gasteiger charge is -2.10. The highest BCUT2D eigenvalue weighted by Gasteiger charge is 2.21. The van der Waals surface area contributed by atoms with Crippen LogP contribution >= 0.6 is 11.8 Å². The van der Waals surface area contributed by atoms with Crippen molar-refractivity contribution < 1.29 is 18.3 Å². The lowest BCUT2D eigenvalue weighted by atomic mass is 10.1. The van der Waals surface area contributed by atoms with E-state index in [-0.39, 0.29) is 17.4 Å². The summed E-state index contributed by atoms with van der Waals surface area (Å²) >= 11 is 1.06. The number of nitrogens with zero attached hydrogens (tertiary/aromatic N) is 4. The Morgan fingerprint density at radius 1 is 1.21 bits per heavy atom. The second-order valence-electron chi connectivity index (χ2n) is 5.59. The van der Waals surface area contributed by atoms with Crippen LogP contribution < -0.4 is 0 Å². The highest BCUT2D eigenvalue weighted by Crippen LogP contribution is 2.36. The maximum atomic E-state index is 13.9. The molecule has 0 aliphatic heterocycles. The summed E-state index contributed by atoms with van der Waals surface area (Å²) in [6.45, 7) is 1.91. The van der Waals surface area contributed by atoms with Crippen LogP contribution in [0.4, 0.5) is 4.39 Å². The van der Waals surface area contributed by atoms with Crippen LogP contribution in [0, 0.1) is 5.82 Å². The fraction of sp³-hybridized carbons (Fsp3) is 0.105. The summed E-state index contributed by atoms with van der Waals surface area (Å²) < 4.78 is 24.6. The summed E-state index contributed by atoms with van der Waals surface area (Å²) in [4.78, 5) is 21.0. The van der Waals surface area contributed by atoms with Gasteiger partial charge in [-0.05, 0) is 49.0 Å². The van der Waals surface area contributed by atoms with E-state index in [1.165, 1.54) is 18.3 Å². The zero-order chi connectivity index (χ0) is 19.5. The first-order valence-corrected chi connectivity index (χ1v) is 9.14. The van der Waals surface area contributed by atoms with Gasteiger partial charge in [-0.2, -0.15) is 0 Å². The van der Waals surface area contributed by atoms with E-state index in [1.54, 1.807) is 37.5 Å². The van der Waals surface area contributed by atoms with Gasteiger partial charge in [0.05, 0.1) is 17.7 Å². The molecule has 0 bridgehead atoms. The number of halogens is 1. The summed E-state index contributed by atoms with van der Waals surface area (Å²) in [7, 11) is 0. The molecule has 3 heterocycles. The van der Waals surface area contributed by atoms with Crippen molar-refractivity contribution in [1.29, 1.82) is 0 Å². The quantitative estimate of drug-likeness (QED) is 0.465. The number of carbonyl (C=O) groups is 1. The first-order chi connectivity index (χ1) is 13.7. The van der Waals surface area contributed by atoms with Gasteiger partial charge in [0.25, 0.3) is 5.22 Å². The van der Waals surface area contributed by atoms with Crippen LogP contribution in [0.1, 0.15) is 17.3 Å². The number of benzene rings is 1. The third-order valence-corrected chi connectivity index (χ3v) is 4.78. The van der Waals surface area contributed by atoms with Crippen molar-refractivity contribution in [2.45, 2.75) is 17.0 Å². The number of ether oxygens (including phenoxy) is 1. The molecule has 9 heteroatoms. The average Bonchev–Trinajstić information content (AvgIpc) is 3.18. The van der Waals surface area contributed by atoms with E-state index < -0.39 is 11.8 Å². The Kier molecular flexibility index (Phi) is 4.98. The molecule has 7 nitrogen and oxygen atoms in total. The minimum atomic E-state index is -0.558. The molecule has 0 saturated heterocycles. The van der Waals surface area contributed by atoms with Crippen molar-refractivity contribution in [3.05, 3.63) is 60.3 Å². The molecule has 0 N–H and O–H groups in total. The molecule has 0 unspecified atom stereocenters. The van der Waals surface area contributed by atoms with Crippen LogP contribution in [0.3, 0.4) is 0 Å². The van der Waals surface area contributed by atoms with Crippen LogP contribution in [0.5, 0.6) is 0 Å². The summed E-state index contributed by atoms with van der Waals surface area (Å²) in [5, 5.41) is 8.70. The Bertz CT molecular complexity index is 1150. The van der Waals surface area contributed by atoms with Gasteiger partial charge in [-0.15, -0.1) is 10.2 Å². The van der Waals surface area contributed by atoms with Crippen molar-refractivity contribution in [3.63, 3.8) is 0 Å². The van der Waals surface area contributed by atoms with E-state index in [4.69, 9.17) is 9.15 Å². The van der Waals surface area contributed by atoms with Gasteiger partial charge in [-0.1, -0.05) is 0 Å². The first-order valence-electron chi connectivity index (χ1n) is 8.33. The van der Waals surface area contributed by atoms with E-state index >= 15 is 0 Å². The number of rotatable bonds is 5. The molecule has 140 valence electrons. The Morgan fingerprint density at radius 2 is 2.04 bits per heavy atom. The minimum absolute atomic E-state index is 0.202. The number of fused-ring (bicyclic) bond motifs is 1. The third-order valence-electron chi connectivity index (χ3n) is 3.80. The average molecular weight is 396 g/mol. The van der Waals surface area contributed by atoms with Crippen molar-refractivity contribution >= 4 is 28.6 Å². The molecule has 0 aliphatic carbocycles. The van der Waals surface area contributed by atoms with Gasteiger partial charge >= 0.3 is 5.97 Å². The minimum Gasteiger partial charge on any atom is -0.462 e. The Labute approximate surface area is 163 Å². The highest BCUT2D eigenvalue weighted by molar-refractivity contribution is 7.99. The van der Waals surface area contributed by atoms with E-state index in [2.05, 4.69) is 20.2 Å². The zero-order valence-corrected chi connectivity index (χ0v) is 15.4. The van der Waals surface area contributed by atoms with Gasteiger partial charge in [-0.25, -0.2) is 9.18 Å². The lowest BCUT2D eigenvalue weighted by molar-refractivity contribution is 0.0522. The number of pyridine rings is 2. The number of carbonyl (C=O) groups excluding carboxylic acids is 1. The SMILES string of the molecule is CCOC(=O)c1cnc2ccc(F)cc2c1Sc1nnc(-c2ccncc2)o1. The second-order valence-corrected chi connectivity index (χ2v) is 6.56. The van der Waals surface area contributed by atoms with Crippen LogP contribution in [-0.4, -0.2) is 32.7 Å². The molecule has 1 aromatic carbocycles. The van der Waals surface area contributed by atoms with Crippen molar-refractivity contribution in [3.8, 4) is 11.5 Å². The third kappa shape index (κ3) is 3.56. The molecule has 0 spiro atoms. The summed E-state index contributed by atoms with van der Waals surface area (Å²) in [5.74, 6) is -0.690. The molecule has 0 fully saturated rings.